The van der Waals surface area contributed by atoms with Crippen LogP contribution < -0.4 is 4.90 Å². The summed E-state index contributed by atoms with van der Waals surface area (Å²) in [5.74, 6) is 0.870. The van der Waals surface area contributed by atoms with Gasteiger partial charge in [0.1, 0.15) is 17.8 Å². The Hall–Kier alpha value is -3.50. The number of hydrogen-bond acceptors (Lipinski definition) is 6. The maximum atomic E-state index is 8.89. The van der Waals surface area contributed by atoms with Gasteiger partial charge in [0.15, 0.2) is 0 Å². The Bertz CT molecular complexity index is 1130. The highest BCUT2D eigenvalue weighted by Gasteiger charge is 2.24. The Labute approximate surface area is 175 Å². The molecule has 1 aliphatic rings. The third kappa shape index (κ3) is 3.95. The number of nitrogens with zero attached hydrogens (tertiary/aromatic N) is 5. The molecule has 2 atom stereocenters. The maximum Gasteiger partial charge on any atom is 0.132 e. The third-order valence-corrected chi connectivity index (χ3v) is 5.17. The predicted molar refractivity (Wildman–Crippen MR) is 118 cm³/mol. The van der Waals surface area contributed by atoms with Crippen molar-refractivity contribution in [2.45, 2.75) is 32.5 Å². The first-order valence-corrected chi connectivity index (χ1v) is 10.00. The van der Waals surface area contributed by atoms with Gasteiger partial charge >= 0.3 is 0 Å². The SMILES string of the molecule is C=C/C(=C\CC#N)c1ccc2[nH]nc(-c3cc(N4C[C@@H](C)O[C@@H](C)C4)ncn3)c2c1. The maximum absolute atomic E-state index is 8.89. The van der Waals surface area contributed by atoms with Gasteiger partial charge in [0, 0.05) is 24.5 Å². The Morgan fingerprint density at radius 3 is 2.83 bits per heavy atom. The Morgan fingerprint density at radius 2 is 2.10 bits per heavy atom. The summed E-state index contributed by atoms with van der Waals surface area (Å²) in [4.78, 5) is 11.2. The summed E-state index contributed by atoms with van der Waals surface area (Å²) < 4.78 is 5.84. The van der Waals surface area contributed by atoms with Gasteiger partial charge in [-0.1, -0.05) is 24.8 Å². The molecule has 0 saturated carbocycles. The number of allylic oxidation sites excluding steroid dienone is 3. The molecule has 0 amide bonds. The first-order valence-electron chi connectivity index (χ1n) is 10.00. The van der Waals surface area contributed by atoms with Crippen LogP contribution in [0.1, 0.15) is 25.8 Å². The molecule has 0 bridgehead atoms. The van der Waals surface area contributed by atoms with Crippen LogP contribution in [0, 0.1) is 11.3 Å². The average Bonchev–Trinajstić information content (AvgIpc) is 3.17. The van der Waals surface area contributed by atoms with E-state index in [9.17, 15) is 0 Å². The van der Waals surface area contributed by atoms with Gasteiger partial charge in [0.05, 0.1) is 35.9 Å². The summed E-state index contributed by atoms with van der Waals surface area (Å²) in [5.41, 5.74) is 4.36. The number of nitrogens with one attached hydrogen (secondary N) is 1. The van der Waals surface area contributed by atoms with Crippen molar-refractivity contribution in [2.24, 2.45) is 0 Å². The van der Waals surface area contributed by atoms with Crippen LogP contribution in [-0.2, 0) is 4.74 Å². The van der Waals surface area contributed by atoms with E-state index < -0.39 is 0 Å². The average molecular weight is 400 g/mol. The lowest BCUT2D eigenvalue weighted by atomic mass is 10.0. The fraction of sp³-hybridized carbons (Fsp3) is 0.304. The minimum Gasteiger partial charge on any atom is -0.372 e. The zero-order chi connectivity index (χ0) is 21.1. The van der Waals surface area contributed by atoms with E-state index in [1.54, 1.807) is 12.4 Å². The van der Waals surface area contributed by atoms with E-state index in [4.69, 9.17) is 10.00 Å². The molecule has 0 unspecified atom stereocenters. The minimum absolute atomic E-state index is 0.151. The molecule has 1 aliphatic heterocycles. The van der Waals surface area contributed by atoms with E-state index in [2.05, 4.69) is 57.6 Å². The summed E-state index contributed by atoms with van der Waals surface area (Å²) >= 11 is 0. The number of H-pyrrole nitrogens is 1. The number of benzene rings is 1. The van der Waals surface area contributed by atoms with E-state index in [-0.39, 0.29) is 12.2 Å². The second-order valence-corrected chi connectivity index (χ2v) is 7.48. The molecule has 2 aromatic heterocycles. The van der Waals surface area contributed by atoms with Gasteiger partial charge in [-0.15, -0.1) is 0 Å². The van der Waals surface area contributed by atoms with Crippen LogP contribution in [0.15, 0.2) is 49.3 Å². The van der Waals surface area contributed by atoms with E-state index >= 15 is 0 Å². The van der Waals surface area contributed by atoms with E-state index in [1.165, 1.54) is 0 Å². The molecule has 152 valence electrons. The first kappa shape index (κ1) is 19.8. The second-order valence-electron chi connectivity index (χ2n) is 7.48. The Morgan fingerprint density at radius 1 is 1.30 bits per heavy atom. The lowest BCUT2D eigenvalue weighted by Gasteiger charge is -2.36. The molecule has 7 nitrogen and oxygen atoms in total. The number of rotatable bonds is 5. The fourth-order valence-corrected chi connectivity index (χ4v) is 3.88. The highest BCUT2D eigenvalue weighted by molar-refractivity contribution is 5.95. The molecule has 0 radical (unpaired) electrons. The lowest BCUT2D eigenvalue weighted by molar-refractivity contribution is -0.00546. The molecule has 1 fully saturated rings. The highest BCUT2D eigenvalue weighted by Crippen LogP contribution is 2.30. The fourth-order valence-electron chi connectivity index (χ4n) is 3.88. The Balaban J connectivity index is 1.72. The van der Waals surface area contributed by atoms with E-state index in [1.807, 2.05) is 24.3 Å². The van der Waals surface area contributed by atoms with Crippen molar-refractivity contribution in [3.05, 3.63) is 54.9 Å². The molecule has 1 aromatic carbocycles. The van der Waals surface area contributed by atoms with Crippen LogP contribution in [0.2, 0.25) is 0 Å². The molecular formula is C23H24N6O. The van der Waals surface area contributed by atoms with Crippen molar-refractivity contribution in [3.8, 4) is 17.5 Å². The topological polar surface area (TPSA) is 90.7 Å². The quantitative estimate of drug-likeness (QED) is 0.648. The summed E-state index contributed by atoms with van der Waals surface area (Å²) in [7, 11) is 0. The summed E-state index contributed by atoms with van der Waals surface area (Å²) in [5, 5.41) is 17.4. The molecule has 7 heteroatoms. The molecule has 1 saturated heterocycles. The van der Waals surface area contributed by atoms with Gasteiger partial charge in [-0.05, 0) is 37.1 Å². The summed E-state index contributed by atoms with van der Waals surface area (Å²) in [6.07, 6.45) is 5.86. The zero-order valence-electron chi connectivity index (χ0n) is 17.2. The predicted octanol–water partition coefficient (Wildman–Crippen LogP) is 4.12. The molecule has 4 rings (SSSR count). The van der Waals surface area contributed by atoms with Crippen molar-refractivity contribution < 1.29 is 4.74 Å². The molecule has 3 aromatic rings. The van der Waals surface area contributed by atoms with Gasteiger partial charge < -0.3 is 9.64 Å². The van der Waals surface area contributed by atoms with Crippen LogP contribution in [-0.4, -0.2) is 45.5 Å². The number of anilines is 1. The number of ether oxygens (including phenoxy) is 1. The highest BCUT2D eigenvalue weighted by atomic mass is 16.5. The number of hydrogen-bond donors (Lipinski definition) is 1. The number of fused-ring (bicyclic) bond motifs is 1. The minimum atomic E-state index is 0.151. The number of aromatic amines is 1. The summed E-state index contributed by atoms with van der Waals surface area (Å²) in [6.45, 7) is 9.61. The Kier molecular flexibility index (Phi) is 5.59. The number of morpholine rings is 1. The van der Waals surface area contributed by atoms with Gasteiger partial charge in [0.2, 0.25) is 0 Å². The largest absolute Gasteiger partial charge is 0.372 e. The van der Waals surface area contributed by atoms with Crippen LogP contribution in [0.5, 0.6) is 0 Å². The zero-order valence-corrected chi connectivity index (χ0v) is 17.2. The van der Waals surface area contributed by atoms with Gasteiger partial charge in [0.25, 0.3) is 0 Å². The molecule has 3 heterocycles. The third-order valence-electron chi connectivity index (χ3n) is 5.17. The second kappa shape index (κ2) is 8.47. The standard InChI is InChI=1S/C23H24N6O/c1-4-17(6-5-9-24)18-7-8-20-19(10-18)23(28-27-20)21-11-22(26-14-25-21)29-12-15(2)30-16(3)13-29/h4,6-8,10-11,14-16H,1,5,12-13H2,2-3H3,(H,27,28)/b17-6+/t15-,16+. The monoisotopic (exact) mass is 400 g/mol. The smallest absolute Gasteiger partial charge is 0.132 e. The van der Waals surface area contributed by atoms with E-state index in [0.29, 0.717) is 6.42 Å². The van der Waals surface area contributed by atoms with Crippen LogP contribution >= 0.6 is 0 Å². The number of aromatic nitrogens is 4. The van der Waals surface area contributed by atoms with Gasteiger partial charge in [-0.2, -0.15) is 10.4 Å². The van der Waals surface area contributed by atoms with Crippen molar-refractivity contribution in [1.82, 2.24) is 20.2 Å². The molecule has 1 N–H and O–H groups in total. The van der Waals surface area contributed by atoms with E-state index in [0.717, 1.165) is 52.3 Å². The molecule has 30 heavy (non-hydrogen) atoms. The van der Waals surface area contributed by atoms with Crippen molar-refractivity contribution in [1.29, 1.82) is 5.26 Å². The van der Waals surface area contributed by atoms with Crippen molar-refractivity contribution in [3.63, 3.8) is 0 Å². The molecular weight excluding hydrogens is 376 g/mol. The van der Waals surface area contributed by atoms with Gasteiger partial charge in [-0.25, -0.2) is 9.97 Å². The van der Waals surface area contributed by atoms with Crippen LogP contribution in [0.3, 0.4) is 0 Å². The summed E-state index contributed by atoms with van der Waals surface area (Å²) in [6, 6.07) is 10.2. The van der Waals surface area contributed by atoms with Crippen LogP contribution in [0.4, 0.5) is 5.82 Å². The van der Waals surface area contributed by atoms with Gasteiger partial charge in [-0.3, -0.25) is 5.10 Å². The first-order chi connectivity index (χ1) is 14.6. The normalized spacial score (nSPS) is 19.6. The van der Waals surface area contributed by atoms with Crippen molar-refractivity contribution in [2.75, 3.05) is 18.0 Å². The number of nitriles is 1. The van der Waals surface area contributed by atoms with Crippen LogP contribution in [0.25, 0.3) is 27.9 Å². The molecule has 0 aliphatic carbocycles. The van der Waals surface area contributed by atoms with Crippen molar-refractivity contribution >= 4 is 22.3 Å². The molecule has 0 spiro atoms. The lowest BCUT2D eigenvalue weighted by Crippen LogP contribution is -2.45.